The average Bonchev–Trinajstić information content (AvgIpc) is 2.65. The Morgan fingerprint density at radius 2 is 2.06 bits per heavy atom. The molecule has 0 fully saturated rings. The fourth-order valence-electron chi connectivity index (χ4n) is 2.09. The molecule has 92 valence electrons. The van der Waals surface area contributed by atoms with Crippen LogP contribution in [0.4, 0.5) is 0 Å². The van der Waals surface area contributed by atoms with Gasteiger partial charge in [-0.3, -0.25) is 4.68 Å². The number of nitrogens with one attached hydrogen (secondary N) is 1. The molecule has 3 nitrogen and oxygen atoms in total. The summed E-state index contributed by atoms with van der Waals surface area (Å²) in [6.07, 6.45) is 6.77. The summed E-state index contributed by atoms with van der Waals surface area (Å²) in [5.41, 5.74) is 2.63. The zero-order valence-electron chi connectivity index (χ0n) is 11.1. The third kappa shape index (κ3) is 3.34. The Morgan fingerprint density at radius 3 is 2.62 bits per heavy atom. The summed E-state index contributed by atoms with van der Waals surface area (Å²) in [4.78, 5) is 0. The van der Waals surface area contributed by atoms with Crippen molar-refractivity contribution < 1.29 is 0 Å². The van der Waals surface area contributed by atoms with E-state index in [1.54, 1.807) is 0 Å². The van der Waals surface area contributed by atoms with Gasteiger partial charge in [-0.15, -0.1) is 0 Å². The fourth-order valence-corrected chi connectivity index (χ4v) is 2.09. The maximum absolute atomic E-state index is 4.52. The molecule has 0 aliphatic rings. The molecular weight excluding hydrogens is 198 g/mol. The van der Waals surface area contributed by atoms with E-state index in [2.05, 4.69) is 37.4 Å². The van der Waals surface area contributed by atoms with E-state index in [1.165, 1.54) is 30.5 Å². The maximum atomic E-state index is 4.52. The van der Waals surface area contributed by atoms with Gasteiger partial charge in [0.1, 0.15) is 0 Å². The molecule has 0 amide bonds. The number of rotatable bonds is 7. The predicted molar refractivity (Wildman–Crippen MR) is 68.5 cm³/mol. The number of hydrogen-bond acceptors (Lipinski definition) is 2. The number of aromatic nitrogens is 2. The lowest BCUT2D eigenvalue weighted by Gasteiger charge is -2.17. The van der Waals surface area contributed by atoms with Crippen LogP contribution in [0.3, 0.4) is 0 Å². The highest BCUT2D eigenvalue weighted by Crippen LogP contribution is 2.21. The van der Waals surface area contributed by atoms with Crippen LogP contribution in [-0.2, 0) is 13.5 Å². The van der Waals surface area contributed by atoms with Crippen LogP contribution in [-0.4, -0.2) is 16.3 Å². The molecule has 1 atom stereocenters. The third-order valence-corrected chi connectivity index (χ3v) is 2.87. The molecule has 0 radical (unpaired) electrons. The van der Waals surface area contributed by atoms with E-state index < -0.39 is 0 Å². The van der Waals surface area contributed by atoms with Crippen molar-refractivity contribution in [1.82, 2.24) is 15.1 Å². The van der Waals surface area contributed by atoms with Crippen LogP contribution in [0.25, 0.3) is 0 Å². The van der Waals surface area contributed by atoms with E-state index in [0.29, 0.717) is 6.04 Å². The van der Waals surface area contributed by atoms with Crippen molar-refractivity contribution in [1.29, 1.82) is 0 Å². The Balaban J connectivity index is 2.81. The molecule has 3 heteroatoms. The van der Waals surface area contributed by atoms with Crippen LogP contribution in [0.1, 0.15) is 57.3 Å². The van der Waals surface area contributed by atoms with E-state index >= 15 is 0 Å². The molecule has 0 aliphatic heterocycles. The second kappa shape index (κ2) is 6.69. The molecule has 0 saturated heterocycles. The standard InChI is InChI=1S/C13H25N3/c1-5-8-13(14-9-6-2)11-10-16(4)15-12(11)7-3/h10,13-14H,5-9H2,1-4H3. The van der Waals surface area contributed by atoms with E-state index in [1.807, 2.05) is 11.7 Å². The molecule has 0 saturated carbocycles. The summed E-state index contributed by atoms with van der Waals surface area (Å²) in [7, 11) is 2.01. The van der Waals surface area contributed by atoms with Crippen LogP contribution in [0, 0.1) is 0 Å². The largest absolute Gasteiger partial charge is 0.310 e. The monoisotopic (exact) mass is 223 g/mol. The van der Waals surface area contributed by atoms with Gasteiger partial charge in [-0.25, -0.2) is 0 Å². The Hall–Kier alpha value is -0.830. The van der Waals surface area contributed by atoms with Gasteiger partial charge in [0.15, 0.2) is 0 Å². The Bertz CT molecular complexity index is 304. The lowest BCUT2D eigenvalue weighted by atomic mass is 10.0. The van der Waals surface area contributed by atoms with Crippen molar-refractivity contribution in [3.05, 3.63) is 17.5 Å². The highest BCUT2D eigenvalue weighted by molar-refractivity contribution is 5.21. The Labute approximate surface area is 99.2 Å². The number of aryl methyl sites for hydroxylation is 2. The molecule has 0 aromatic carbocycles. The Morgan fingerprint density at radius 1 is 1.31 bits per heavy atom. The summed E-state index contributed by atoms with van der Waals surface area (Å²) in [6, 6.07) is 0.480. The molecule has 16 heavy (non-hydrogen) atoms. The topological polar surface area (TPSA) is 29.9 Å². The Kier molecular flexibility index (Phi) is 5.53. The molecule has 1 rings (SSSR count). The van der Waals surface area contributed by atoms with E-state index in [9.17, 15) is 0 Å². The molecular formula is C13H25N3. The molecule has 1 unspecified atom stereocenters. The number of hydrogen-bond donors (Lipinski definition) is 1. The van der Waals surface area contributed by atoms with Crippen molar-refractivity contribution in [3.63, 3.8) is 0 Å². The van der Waals surface area contributed by atoms with Crippen LogP contribution in [0.2, 0.25) is 0 Å². The summed E-state index contributed by atoms with van der Waals surface area (Å²) in [5.74, 6) is 0. The summed E-state index contributed by atoms with van der Waals surface area (Å²) in [5, 5.41) is 8.14. The highest BCUT2D eigenvalue weighted by Gasteiger charge is 2.15. The van der Waals surface area contributed by atoms with E-state index in [4.69, 9.17) is 0 Å². The van der Waals surface area contributed by atoms with Gasteiger partial charge in [0.2, 0.25) is 0 Å². The van der Waals surface area contributed by atoms with Gasteiger partial charge in [0.05, 0.1) is 5.69 Å². The second-order valence-electron chi connectivity index (χ2n) is 4.35. The van der Waals surface area contributed by atoms with Gasteiger partial charge in [-0.2, -0.15) is 5.10 Å². The molecule has 0 aliphatic carbocycles. The first kappa shape index (κ1) is 13.2. The first-order valence-corrected chi connectivity index (χ1v) is 6.48. The van der Waals surface area contributed by atoms with E-state index in [0.717, 1.165) is 13.0 Å². The third-order valence-electron chi connectivity index (χ3n) is 2.87. The predicted octanol–water partition coefficient (Wildman–Crippen LogP) is 2.82. The lowest BCUT2D eigenvalue weighted by molar-refractivity contribution is 0.491. The van der Waals surface area contributed by atoms with Gasteiger partial charge >= 0.3 is 0 Å². The molecule has 0 bridgehead atoms. The summed E-state index contributed by atoms with van der Waals surface area (Å²) < 4.78 is 1.93. The lowest BCUT2D eigenvalue weighted by Crippen LogP contribution is -2.22. The van der Waals surface area contributed by atoms with Crippen molar-refractivity contribution in [2.45, 2.75) is 52.5 Å². The van der Waals surface area contributed by atoms with Crippen LogP contribution < -0.4 is 5.32 Å². The molecule has 1 N–H and O–H groups in total. The molecule has 1 aromatic heterocycles. The first-order valence-electron chi connectivity index (χ1n) is 6.48. The van der Waals surface area contributed by atoms with Gasteiger partial charge in [-0.1, -0.05) is 27.2 Å². The SMILES string of the molecule is CCCNC(CCC)c1cn(C)nc1CC. The summed E-state index contributed by atoms with van der Waals surface area (Å²) in [6.45, 7) is 7.71. The van der Waals surface area contributed by atoms with Crippen LogP contribution in [0.5, 0.6) is 0 Å². The van der Waals surface area contributed by atoms with Crippen LogP contribution in [0.15, 0.2) is 6.20 Å². The normalized spacial score (nSPS) is 13.0. The van der Waals surface area contributed by atoms with Crippen molar-refractivity contribution in [2.75, 3.05) is 6.54 Å². The molecule has 0 spiro atoms. The van der Waals surface area contributed by atoms with Crippen molar-refractivity contribution in [2.24, 2.45) is 7.05 Å². The second-order valence-corrected chi connectivity index (χ2v) is 4.35. The average molecular weight is 223 g/mol. The van der Waals surface area contributed by atoms with Crippen LogP contribution >= 0.6 is 0 Å². The zero-order valence-corrected chi connectivity index (χ0v) is 11.1. The van der Waals surface area contributed by atoms with Gasteiger partial charge in [-0.05, 0) is 25.8 Å². The van der Waals surface area contributed by atoms with Gasteiger partial charge in [0.25, 0.3) is 0 Å². The summed E-state index contributed by atoms with van der Waals surface area (Å²) >= 11 is 0. The van der Waals surface area contributed by atoms with Gasteiger partial charge < -0.3 is 5.32 Å². The maximum Gasteiger partial charge on any atom is 0.0669 e. The quantitative estimate of drug-likeness (QED) is 0.770. The van der Waals surface area contributed by atoms with Crippen molar-refractivity contribution >= 4 is 0 Å². The molecule has 1 aromatic rings. The highest BCUT2D eigenvalue weighted by atomic mass is 15.3. The van der Waals surface area contributed by atoms with Gasteiger partial charge in [0, 0.05) is 24.8 Å². The fraction of sp³-hybridized carbons (Fsp3) is 0.769. The van der Waals surface area contributed by atoms with E-state index in [-0.39, 0.29) is 0 Å². The molecule has 1 heterocycles. The number of nitrogens with zero attached hydrogens (tertiary/aromatic N) is 2. The first-order chi connectivity index (χ1) is 7.72. The zero-order chi connectivity index (χ0) is 12.0. The van der Waals surface area contributed by atoms with Crippen molar-refractivity contribution in [3.8, 4) is 0 Å². The minimum atomic E-state index is 0.480. The minimum absolute atomic E-state index is 0.480. The smallest absolute Gasteiger partial charge is 0.0669 e. The minimum Gasteiger partial charge on any atom is -0.310 e.